The van der Waals surface area contributed by atoms with Crippen molar-refractivity contribution in [3.8, 4) is 0 Å². The van der Waals surface area contributed by atoms with E-state index in [-0.39, 0.29) is 5.78 Å². The van der Waals surface area contributed by atoms with Gasteiger partial charge in [-0.05, 0) is 47.5 Å². The molecule has 1 unspecified atom stereocenters. The lowest BCUT2D eigenvalue weighted by molar-refractivity contribution is -0.111. The monoisotopic (exact) mass is 216 g/mol. The fourth-order valence-electron chi connectivity index (χ4n) is 0.843. The first-order valence-corrected chi connectivity index (χ1v) is 4.06. The predicted octanol–water partition coefficient (Wildman–Crippen LogP) is 1.55. The van der Waals surface area contributed by atoms with Crippen molar-refractivity contribution in [3.05, 3.63) is 22.2 Å². The number of carbonyl (C=O) groups is 1. The van der Waals surface area contributed by atoms with E-state index in [1.165, 1.54) is 12.2 Å². The molecule has 1 aliphatic carbocycles. The van der Waals surface area contributed by atoms with Gasteiger partial charge in [0.1, 0.15) is 5.60 Å². The zero-order valence-electron chi connectivity index (χ0n) is 6.39. The smallest absolute Gasteiger partial charge is 0.192 e. The van der Waals surface area contributed by atoms with Crippen LogP contribution in [0.1, 0.15) is 13.8 Å². The summed E-state index contributed by atoms with van der Waals surface area (Å²) in [7, 11) is 0. The highest BCUT2D eigenvalue weighted by molar-refractivity contribution is 9.12. The van der Waals surface area contributed by atoms with Crippen molar-refractivity contribution in [1.82, 2.24) is 0 Å². The van der Waals surface area contributed by atoms with Crippen LogP contribution in [0.4, 0.5) is 0 Å². The average Bonchev–Trinajstić information content (AvgIpc) is 1.83. The fraction of sp³-hybridized carbons (Fsp3) is 0.375. The molecule has 0 heterocycles. The molecule has 0 aromatic carbocycles. The minimum Gasteiger partial charge on any atom is -0.382 e. The molecule has 1 N–H and O–H groups in total. The van der Waals surface area contributed by atoms with E-state index < -0.39 is 5.60 Å². The van der Waals surface area contributed by atoms with Gasteiger partial charge in [-0.2, -0.15) is 0 Å². The van der Waals surface area contributed by atoms with Crippen molar-refractivity contribution in [2.45, 2.75) is 19.4 Å². The molecule has 0 radical (unpaired) electrons. The lowest BCUT2D eigenvalue weighted by atomic mass is 9.91. The Morgan fingerprint density at radius 1 is 1.64 bits per heavy atom. The molecule has 1 rings (SSSR count). The molecular formula is C8H9BrO2. The lowest BCUT2D eigenvalue weighted by Crippen LogP contribution is -2.27. The quantitative estimate of drug-likeness (QED) is 0.668. The number of aliphatic hydroxyl groups is 1. The molecule has 11 heavy (non-hydrogen) atoms. The topological polar surface area (TPSA) is 37.3 Å². The Morgan fingerprint density at radius 2 is 2.18 bits per heavy atom. The van der Waals surface area contributed by atoms with Gasteiger partial charge in [0, 0.05) is 0 Å². The van der Waals surface area contributed by atoms with Gasteiger partial charge < -0.3 is 5.11 Å². The third kappa shape index (κ3) is 1.60. The van der Waals surface area contributed by atoms with Crippen LogP contribution in [0.5, 0.6) is 0 Å². The summed E-state index contributed by atoms with van der Waals surface area (Å²) >= 11 is 3.06. The highest BCUT2D eigenvalue weighted by Crippen LogP contribution is 2.27. The Labute approximate surface area is 73.7 Å². The van der Waals surface area contributed by atoms with E-state index in [1.807, 2.05) is 0 Å². The summed E-state index contributed by atoms with van der Waals surface area (Å²) in [4.78, 5) is 11.0. The van der Waals surface area contributed by atoms with Crippen molar-refractivity contribution >= 4 is 21.7 Å². The van der Waals surface area contributed by atoms with E-state index in [4.69, 9.17) is 0 Å². The number of halogens is 1. The zero-order chi connectivity index (χ0) is 8.65. The molecule has 0 saturated heterocycles. The van der Waals surface area contributed by atoms with Crippen molar-refractivity contribution in [2.75, 3.05) is 0 Å². The summed E-state index contributed by atoms with van der Waals surface area (Å²) in [6.07, 6.45) is 2.94. The number of carbonyl (C=O) groups excluding carboxylic acids is 1. The van der Waals surface area contributed by atoms with Crippen molar-refractivity contribution in [2.24, 2.45) is 0 Å². The van der Waals surface area contributed by atoms with Crippen LogP contribution in [-0.2, 0) is 4.79 Å². The third-order valence-corrected chi connectivity index (χ3v) is 2.41. The second-order valence-corrected chi connectivity index (χ2v) is 3.69. The first kappa shape index (κ1) is 8.68. The normalized spacial score (nSPS) is 31.5. The van der Waals surface area contributed by atoms with Gasteiger partial charge in [-0.3, -0.25) is 4.79 Å². The Hall–Kier alpha value is -0.410. The molecule has 0 aromatic rings. The van der Waals surface area contributed by atoms with Crippen LogP contribution in [0.3, 0.4) is 0 Å². The van der Waals surface area contributed by atoms with Gasteiger partial charge in [-0.1, -0.05) is 0 Å². The number of hydrogen-bond acceptors (Lipinski definition) is 2. The van der Waals surface area contributed by atoms with Crippen LogP contribution < -0.4 is 0 Å². The molecule has 0 spiro atoms. The summed E-state index contributed by atoms with van der Waals surface area (Å²) < 4.78 is 0.424. The molecule has 0 amide bonds. The van der Waals surface area contributed by atoms with E-state index >= 15 is 0 Å². The molecule has 0 saturated carbocycles. The van der Waals surface area contributed by atoms with Gasteiger partial charge in [-0.25, -0.2) is 0 Å². The highest BCUT2D eigenvalue weighted by atomic mass is 79.9. The number of allylic oxidation sites excluding steroid dienone is 2. The van der Waals surface area contributed by atoms with Crippen LogP contribution >= 0.6 is 15.9 Å². The van der Waals surface area contributed by atoms with Crippen LogP contribution in [0.25, 0.3) is 0 Å². The molecule has 3 heteroatoms. The Morgan fingerprint density at radius 3 is 2.64 bits per heavy atom. The zero-order valence-corrected chi connectivity index (χ0v) is 7.97. The van der Waals surface area contributed by atoms with E-state index in [0.717, 1.165) is 0 Å². The van der Waals surface area contributed by atoms with Crippen molar-refractivity contribution < 1.29 is 9.90 Å². The van der Waals surface area contributed by atoms with Crippen LogP contribution in [-0.4, -0.2) is 16.5 Å². The van der Waals surface area contributed by atoms with E-state index in [9.17, 15) is 9.90 Å². The van der Waals surface area contributed by atoms with Crippen molar-refractivity contribution in [1.29, 1.82) is 0 Å². The molecule has 0 fully saturated rings. The average molecular weight is 217 g/mol. The summed E-state index contributed by atoms with van der Waals surface area (Å²) in [5.74, 6) is -0.0889. The molecule has 0 aromatic heterocycles. The number of rotatable bonds is 0. The third-order valence-electron chi connectivity index (χ3n) is 1.79. The molecular weight excluding hydrogens is 208 g/mol. The standard InChI is InChI=1S/C8H9BrO2/c1-5-3-7(10)6(9)4-8(5,2)11/h3-4,11H,1-2H3. The Balaban J connectivity index is 3.08. The molecule has 60 valence electrons. The fourth-order valence-corrected chi connectivity index (χ4v) is 1.40. The minimum absolute atomic E-state index is 0.0889. The minimum atomic E-state index is -0.979. The maximum absolute atomic E-state index is 11.0. The summed E-state index contributed by atoms with van der Waals surface area (Å²) in [5.41, 5.74) is -0.307. The van der Waals surface area contributed by atoms with Crippen LogP contribution in [0.2, 0.25) is 0 Å². The second-order valence-electron chi connectivity index (χ2n) is 2.83. The lowest BCUT2D eigenvalue weighted by Gasteiger charge is -2.23. The largest absolute Gasteiger partial charge is 0.382 e. The summed E-state index contributed by atoms with van der Waals surface area (Å²) in [6, 6.07) is 0. The van der Waals surface area contributed by atoms with E-state index in [2.05, 4.69) is 15.9 Å². The first-order chi connectivity index (χ1) is 4.93. The van der Waals surface area contributed by atoms with E-state index in [1.54, 1.807) is 13.8 Å². The number of hydrogen-bond donors (Lipinski definition) is 1. The van der Waals surface area contributed by atoms with Crippen LogP contribution in [0, 0.1) is 0 Å². The number of ketones is 1. The Kier molecular flexibility index (Phi) is 2.03. The molecule has 0 bridgehead atoms. The SMILES string of the molecule is CC1=CC(=O)C(Br)=CC1(C)O. The van der Waals surface area contributed by atoms with Gasteiger partial charge in [0.05, 0.1) is 4.48 Å². The van der Waals surface area contributed by atoms with Gasteiger partial charge in [0.25, 0.3) is 0 Å². The first-order valence-electron chi connectivity index (χ1n) is 3.27. The molecule has 2 nitrogen and oxygen atoms in total. The molecule has 0 aliphatic heterocycles. The predicted molar refractivity (Wildman–Crippen MR) is 46.4 cm³/mol. The maximum atomic E-state index is 11.0. The molecule has 1 atom stereocenters. The summed E-state index contributed by atoms with van der Waals surface area (Å²) in [5, 5.41) is 9.60. The van der Waals surface area contributed by atoms with Crippen molar-refractivity contribution in [3.63, 3.8) is 0 Å². The summed E-state index contributed by atoms with van der Waals surface area (Å²) in [6.45, 7) is 3.38. The van der Waals surface area contributed by atoms with Gasteiger partial charge in [0.15, 0.2) is 5.78 Å². The van der Waals surface area contributed by atoms with Gasteiger partial charge in [0.2, 0.25) is 0 Å². The molecule has 1 aliphatic rings. The van der Waals surface area contributed by atoms with E-state index in [0.29, 0.717) is 10.1 Å². The second kappa shape index (κ2) is 2.57. The highest BCUT2D eigenvalue weighted by Gasteiger charge is 2.26. The van der Waals surface area contributed by atoms with Crippen LogP contribution in [0.15, 0.2) is 22.2 Å². The van der Waals surface area contributed by atoms with Gasteiger partial charge >= 0.3 is 0 Å². The maximum Gasteiger partial charge on any atom is 0.192 e. The Bertz CT molecular complexity index is 261. The van der Waals surface area contributed by atoms with Gasteiger partial charge in [-0.15, -0.1) is 0 Å².